The maximum atomic E-state index is 12.1. The third kappa shape index (κ3) is 5.70. The summed E-state index contributed by atoms with van der Waals surface area (Å²) in [5, 5.41) is 5.21. The molecular weight excluding hydrogens is 362 g/mol. The van der Waals surface area contributed by atoms with Crippen LogP contribution in [0.1, 0.15) is 32.3 Å². The first-order valence-electron chi connectivity index (χ1n) is 10.3. The molecule has 0 unspecified atom stereocenters. The number of nitrogens with zero attached hydrogens (tertiary/aromatic N) is 2. The molecule has 1 N–H and O–H groups in total. The summed E-state index contributed by atoms with van der Waals surface area (Å²) >= 11 is 0. The van der Waals surface area contributed by atoms with Crippen LogP contribution in [0.5, 0.6) is 5.75 Å². The van der Waals surface area contributed by atoms with Gasteiger partial charge in [-0.2, -0.15) is 0 Å². The molecule has 3 rings (SSSR count). The number of ether oxygens (including phenoxy) is 1. The quantitative estimate of drug-likeness (QED) is 0.515. The number of pyridine rings is 1. The van der Waals surface area contributed by atoms with Crippen molar-refractivity contribution >= 4 is 22.5 Å². The second-order valence-corrected chi connectivity index (χ2v) is 6.90. The summed E-state index contributed by atoms with van der Waals surface area (Å²) in [5.41, 5.74) is 1.00. The van der Waals surface area contributed by atoms with Crippen molar-refractivity contribution in [3.8, 4) is 5.75 Å². The van der Waals surface area contributed by atoms with Gasteiger partial charge < -0.3 is 15.0 Å². The fraction of sp³-hybridized carbons (Fsp3) is 0.333. The highest BCUT2D eigenvalue weighted by Gasteiger charge is 2.06. The number of amides is 1. The number of aromatic nitrogens is 1. The Bertz CT molecular complexity index is 916. The molecule has 1 amide bonds. The van der Waals surface area contributed by atoms with Gasteiger partial charge in [-0.3, -0.25) is 4.79 Å². The predicted molar refractivity (Wildman–Crippen MR) is 118 cm³/mol. The zero-order valence-corrected chi connectivity index (χ0v) is 17.2. The van der Waals surface area contributed by atoms with Gasteiger partial charge >= 0.3 is 0 Å². The second-order valence-electron chi connectivity index (χ2n) is 6.90. The van der Waals surface area contributed by atoms with Gasteiger partial charge in [0, 0.05) is 37.6 Å². The molecule has 0 fully saturated rings. The SMILES string of the molecule is CCN(CC)c1ccc(CNC(=O)CCCOc2cccc3ccccc23)cn1. The van der Waals surface area contributed by atoms with Crippen LogP contribution in [0.15, 0.2) is 60.8 Å². The molecule has 0 spiro atoms. The summed E-state index contributed by atoms with van der Waals surface area (Å²) < 4.78 is 5.89. The van der Waals surface area contributed by atoms with Crippen LogP contribution in [0.2, 0.25) is 0 Å². The molecule has 0 radical (unpaired) electrons. The fourth-order valence-electron chi connectivity index (χ4n) is 3.28. The molecule has 5 heteroatoms. The number of carbonyl (C=O) groups is 1. The summed E-state index contributed by atoms with van der Waals surface area (Å²) in [6, 6.07) is 18.2. The lowest BCUT2D eigenvalue weighted by Crippen LogP contribution is -2.24. The molecule has 0 aliphatic heterocycles. The molecule has 0 saturated carbocycles. The molecular formula is C24H29N3O2. The van der Waals surface area contributed by atoms with Crippen molar-refractivity contribution in [3.63, 3.8) is 0 Å². The molecule has 0 bridgehead atoms. The molecule has 1 aromatic heterocycles. The van der Waals surface area contributed by atoms with Gasteiger partial charge in [0.2, 0.25) is 5.91 Å². The van der Waals surface area contributed by atoms with E-state index in [4.69, 9.17) is 4.74 Å². The normalized spacial score (nSPS) is 10.7. The van der Waals surface area contributed by atoms with Crippen LogP contribution in [0.4, 0.5) is 5.82 Å². The first-order chi connectivity index (χ1) is 14.2. The monoisotopic (exact) mass is 391 g/mol. The van der Waals surface area contributed by atoms with E-state index in [2.05, 4.69) is 47.2 Å². The van der Waals surface area contributed by atoms with E-state index in [1.807, 2.05) is 42.6 Å². The van der Waals surface area contributed by atoms with Gasteiger partial charge in [0.25, 0.3) is 0 Å². The van der Waals surface area contributed by atoms with E-state index in [0.29, 0.717) is 26.0 Å². The Labute approximate surface area is 172 Å². The molecule has 0 aliphatic rings. The summed E-state index contributed by atoms with van der Waals surface area (Å²) in [6.07, 6.45) is 2.95. The van der Waals surface area contributed by atoms with Crippen LogP contribution in [-0.2, 0) is 11.3 Å². The summed E-state index contributed by atoms with van der Waals surface area (Å²) in [5.74, 6) is 1.86. The van der Waals surface area contributed by atoms with Crippen LogP contribution < -0.4 is 15.0 Å². The van der Waals surface area contributed by atoms with Gasteiger partial charge in [-0.15, -0.1) is 0 Å². The van der Waals surface area contributed by atoms with Gasteiger partial charge in [-0.25, -0.2) is 4.98 Å². The summed E-state index contributed by atoms with van der Waals surface area (Å²) in [7, 11) is 0. The van der Waals surface area contributed by atoms with Crippen molar-refractivity contribution in [2.45, 2.75) is 33.2 Å². The second kappa shape index (κ2) is 10.5. The van der Waals surface area contributed by atoms with Crippen LogP contribution in [0.3, 0.4) is 0 Å². The van der Waals surface area contributed by atoms with Crippen LogP contribution in [0.25, 0.3) is 10.8 Å². The Morgan fingerprint density at radius 3 is 2.59 bits per heavy atom. The summed E-state index contributed by atoms with van der Waals surface area (Å²) in [4.78, 5) is 18.8. The first-order valence-corrected chi connectivity index (χ1v) is 10.3. The third-order valence-corrected chi connectivity index (χ3v) is 4.94. The number of rotatable bonds is 10. The van der Waals surface area contributed by atoms with E-state index in [1.165, 1.54) is 0 Å². The summed E-state index contributed by atoms with van der Waals surface area (Å²) in [6.45, 7) is 7.10. The molecule has 0 atom stereocenters. The minimum Gasteiger partial charge on any atom is -0.493 e. The van der Waals surface area contributed by atoms with Gasteiger partial charge in [-0.05, 0) is 43.4 Å². The fourth-order valence-corrected chi connectivity index (χ4v) is 3.28. The van der Waals surface area contributed by atoms with Crippen LogP contribution in [0, 0.1) is 0 Å². The van der Waals surface area contributed by atoms with Gasteiger partial charge in [0.1, 0.15) is 11.6 Å². The van der Waals surface area contributed by atoms with E-state index in [9.17, 15) is 4.79 Å². The molecule has 152 valence electrons. The average Bonchev–Trinajstić information content (AvgIpc) is 2.77. The number of carbonyl (C=O) groups excluding carboxylic acids is 1. The lowest BCUT2D eigenvalue weighted by atomic mass is 10.1. The Morgan fingerprint density at radius 2 is 1.83 bits per heavy atom. The smallest absolute Gasteiger partial charge is 0.220 e. The van der Waals surface area contributed by atoms with Crippen LogP contribution in [-0.4, -0.2) is 30.6 Å². The minimum atomic E-state index is 0.0272. The molecule has 0 aliphatic carbocycles. The highest BCUT2D eigenvalue weighted by atomic mass is 16.5. The molecule has 29 heavy (non-hydrogen) atoms. The molecule has 2 aromatic carbocycles. The molecule has 5 nitrogen and oxygen atoms in total. The number of anilines is 1. The van der Waals surface area contributed by atoms with Crippen molar-refractivity contribution in [2.24, 2.45) is 0 Å². The number of fused-ring (bicyclic) bond motifs is 1. The van der Waals surface area contributed by atoms with Crippen molar-refractivity contribution in [1.29, 1.82) is 0 Å². The highest BCUT2D eigenvalue weighted by molar-refractivity contribution is 5.88. The Kier molecular flexibility index (Phi) is 7.45. The van der Waals surface area contributed by atoms with Crippen molar-refractivity contribution in [2.75, 3.05) is 24.6 Å². The topological polar surface area (TPSA) is 54.5 Å². The minimum absolute atomic E-state index is 0.0272. The first kappa shape index (κ1) is 20.6. The van der Waals surface area contributed by atoms with E-state index >= 15 is 0 Å². The lowest BCUT2D eigenvalue weighted by Gasteiger charge is -2.19. The number of hydrogen-bond acceptors (Lipinski definition) is 4. The standard InChI is InChI=1S/C24H29N3O2/c1-3-27(4-2)23-15-14-19(17-25-23)18-26-24(28)13-8-16-29-22-12-7-10-20-9-5-6-11-21(20)22/h5-7,9-12,14-15,17H,3-4,8,13,16,18H2,1-2H3,(H,26,28). The van der Waals surface area contributed by atoms with Gasteiger partial charge in [-0.1, -0.05) is 42.5 Å². The highest BCUT2D eigenvalue weighted by Crippen LogP contribution is 2.25. The van der Waals surface area contributed by atoms with Crippen molar-refractivity contribution in [1.82, 2.24) is 10.3 Å². The van der Waals surface area contributed by atoms with Crippen molar-refractivity contribution in [3.05, 3.63) is 66.4 Å². The zero-order chi connectivity index (χ0) is 20.5. The maximum Gasteiger partial charge on any atom is 0.220 e. The van der Waals surface area contributed by atoms with E-state index in [0.717, 1.165) is 41.0 Å². The molecule has 3 aromatic rings. The van der Waals surface area contributed by atoms with E-state index in [-0.39, 0.29) is 5.91 Å². The largest absolute Gasteiger partial charge is 0.493 e. The zero-order valence-electron chi connectivity index (χ0n) is 17.2. The molecule has 0 saturated heterocycles. The van der Waals surface area contributed by atoms with Crippen LogP contribution >= 0.6 is 0 Å². The van der Waals surface area contributed by atoms with Crippen molar-refractivity contribution < 1.29 is 9.53 Å². The number of benzene rings is 2. The lowest BCUT2D eigenvalue weighted by molar-refractivity contribution is -0.121. The molecule has 1 heterocycles. The maximum absolute atomic E-state index is 12.1. The van der Waals surface area contributed by atoms with E-state index < -0.39 is 0 Å². The Hall–Kier alpha value is -3.08. The average molecular weight is 392 g/mol. The van der Waals surface area contributed by atoms with Gasteiger partial charge in [0.05, 0.1) is 6.61 Å². The van der Waals surface area contributed by atoms with Gasteiger partial charge in [0.15, 0.2) is 0 Å². The number of hydrogen-bond donors (Lipinski definition) is 1. The Balaban J connectivity index is 1.40. The third-order valence-electron chi connectivity index (χ3n) is 4.94. The predicted octanol–water partition coefficient (Wildman–Crippen LogP) is 4.56. The number of nitrogens with one attached hydrogen (secondary N) is 1. The van der Waals surface area contributed by atoms with E-state index in [1.54, 1.807) is 0 Å². The Morgan fingerprint density at radius 1 is 1.03 bits per heavy atom.